The Balaban J connectivity index is 1.56. The van der Waals surface area contributed by atoms with E-state index >= 15 is 0 Å². The third-order valence-electron chi connectivity index (χ3n) is 5.57. The summed E-state index contributed by atoms with van der Waals surface area (Å²) >= 11 is 0. The van der Waals surface area contributed by atoms with Crippen LogP contribution in [0.25, 0.3) is 12.2 Å². The molecule has 0 atom stereocenters. The molecule has 34 heavy (non-hydrogen) atoms. The van der Waals surface area contributed by atoms with Crippen molar-refractivity contribution in [3.05, 3.63) is 125 Å². The maximum absolute atomic E-state index is 11.2. The van der Waals surface area contributed by atoms with E-state index in [2.05, 4.69) is 91.5 Å². The van der Waals surface area contributed by atoms with Crippen LogP contribution in [0.4, 0.5) is 17.1 Å². The van der Waals surface area contributed by atoms with Gasteiger partial charge in [0, 0.05) is 17.1 Å². The van der Waals surface area contributed by atoms with E-state index in [0.29, 0.717) is 5.56 Å². The van der Waals surface area contributed by atoms with Crippen LogP contribution in [0.5, 0.6) is 0 Å². The van der Waals surface area contributed by atoms with Crippen LogP contribution in [0.15, 0.2) is 97.1 Å². The Labute approximate surface area is 201 Å². The highest BCUT2D eigenvalue weighted by Gasteiger charge is 2.13. The molecule has 0 fully saturated rings. The van der Waals surface area contributed by atoms with E-state index in [1.807, 2.05) is 24.3 Å². The lowest BCUT2D eigenvalue weighted by Crippen LogP contribution is -2.09. The molecule has 4 rings (SSSR count). The first-order valence-corrected chi connectivity index (χ1v) is 12.9. The van der Waals surface area contributed by atoms with Crippen LogP contribution in [-0.2, 0) is 10.7 Å². The minimum absolute atomic E-state index is 0.239. The summed E-state index contributed by atoms with van der Waals surface area (Å²) < 4.78 is 11.2. The number of benzene rings is 4. The molecule has 0 radical (unpaired) electrons. The molecule has 0 aliphatic carbocycles. The highest BCUT2D eigenvalue weighted by Crippen LogP contribution is 2.39. The predicted octanol–water partition coefficient (Wildman–Crippen LogP) is 7.62. The molecule has 0 unspecified atom stereocenters. The topological polar surface area (TPSA) is 60.8 Å². The Hall–Kier alpha value is -3.43. The SMILES string of the molecule is Cc1ccc(N(c2ccc(C)cc2)c2ccc(C=Cc3ccc(CP(=O)(O)O)cc3)cc2)cc1. The molecule has 4 aromatic carbocycles. The largest absolute Gasteiger partial charge is 0.329 e. The highest BCUT2D eigenvalue weighted by atomic mass is 31.2. The van der Waals surface area contributed by atoms with E-state index in [0.717, 1.165) is 28.2 Å². The molecule has 0 aliphatic rings. The van der Waals surface area contributed by atoms with Gasteiger partial charge in [0.15, 0.2) is 0 Å². The number of anilines is 3. The van der Waals surface area contributed by atoms with Crippen LogP contribution in [-0.4, -0.2) is 9.79 Å². The van der Waals surface area contributed by atoms with Gasteiger partial charge in [-0.15, -0.1) is 0 Å². The summed E-state index contributed by atoms with van der Waals surface area (Å²) in [7, 11) is -4.05. The summed E-state index contributed by atoms with van der Waals surface area (Å²) in [5.41, 5.74) is 8.40. The lowest BCUT2D eigenvalue weighted by atomic mass is 10.1. The highest BCUT2D eigenvalue weighted by molar-refractivity contribution is 7.50. The van der Waals surface area contributed by atoms with Crippen LogP contribution in [0.2, 0.25) is 0 Å². The van der Waals surface area contributed by atoms with Gasteiger partial charge in [-0.3, -0.25) is 4.57 Å². The van der Waals surface area contributed by atoms with Gasteiger partial charge in [-0.05, 0) is 66.9 Å². The van der Waals surface area contributed by atoms with E-state index in [9.17, 15) is 4.57 Å². The van der Waals surface area contributed by atoms with Gasteiger partial charge >= 0.3 is 7.60 Å². The molecule has 5 heteroatoms. The van der Waals surface area contributed by atoms with Gasteiger partial charge in [0.1, 0.15) is 0 Å². The summed E-state index contributed by atoms with van der Waals surface area (Å²) in [6.45, 7) is 4.18. The molecule has 0 heterocycles. The fourth-order valence-corrected chi connectivity index (χ4v) is 4.42. The Morgan fingerprint density at radius 2 is 0.971 bits per heavy atom. The minimum Gasteiger partial charge on any atom is -0.324 e. The molecule has 0 saturated heterocycles. The normalized spacial score (nSPS) is 11.6. The monoisotopic (exact) mass is 469 g/mol. The van der Waals surface area contributed by atoms with E-state index in [-0.39, 0.29) is 6.16 Å². The predicted molar refractivity (Wildman–Crippen MR) is 142 cm³/mol. The smallest absolute Gasteiger partial charge is 0.324 e. The number of rotatable bonds is 7. The first-order chi connectivity index (χ1) is 16.3. The first kappa shape index (κ1) is 23.7. The fourth-order valence-electron chi connectivity index (χ4n) is 3.73. The van der Waals surface area contributed by atoms with E-state index in [1.165, 1.54) is 11.1 Å². The van der Waals surface area contributed by atoms with Crippen molar-refractivity contribution in [1.82, 2.24) is 0 Å². The molecule has 0 spiro atoms. The molecule has 2 N–H and O–H groups in total. The average Bonchev–Trinajstić information content (AvgIpc) is 2.81. The molecule has 0 aromatic heterocycles. The average molecular weight is 470 g/mol. The second kappa shape index (κ2) is 10.2. The third-order valence-corrected chi connectivity index (χ3v) is 6.35. The summed E-state index contributed by atoms with van der Waals surface area (Å²) in [6.07, 6.45) is 3.79. The van der Waals surface area contributed by atoms with Crippen molar-refractivity contribution in [1.29, 1.82) is 0 Å². The summed E-state index contributed by atoms with van der Waals surface area (Å²) in [5.74, 6) is 0. The Kier molecular flexibility index (Phi) is 7.14. The summed E-state index contributed by atoms with van der Waals surface area (Å²) in [4.78, 5) is 20.5. The molecule has 172 valence electrons. The molecule has 0 aliphatic heterocycles. The molecule has 0 amide bonds. The number of hydrogen-bond acceptors (Lipinski definition) is 2. The van der Waals surface area contributed by atoms with Crippen LogP contribution >= 0.6 is 7.60 Å². The summed E-state index contributed by atoms with van der Waals surface area (Å²) in [5, 5.41) is 0. The van der Waals surface area contributed by atoms with Gasteiger partial charge in [0.2, 0.25) is 0 Å². The van der Waals surface area contributed by atoms with Gasteiger partial charge in [0.25, 0.3) is 0 Å². The third kappa shape index (κ3) is 6.33. The van der Waals surface area contributed by atoms with Crippen molar-refractivity contribution in [3.63, 3.8) is 0 Å². The van der Waals surface area contributed by atoms with Gasteiger partial charge in [-0.1, -0.05) is 83.9 Å². The standard InChI is InChI=1S/C29H28NO3P/c1-22-3-15-27(16-4-22)30(28-17-5-23(2)6-18-28)29-19-13-25(14-20-29)8-7-24-9-11-26(12-10-24)21-34(31,32)33/h3-20H,21H2,1-2H3,(H2,31,32,33). The zero-order valence-electron chi connectivity index (χ0n) is 19.3. The first-order valence-electron chi connectivity index (χ1n) is 11.1. The molecular weight excluding hydrogens is 441 g/mol. The zero-order chi connectivity index (χ0) is 24.1. The molecule has 4 aromatic rings. The van der Waals surface area contributed by atoms with Crippen molar-refractivity contribution >= 4 is 36.8 Å². The van der Waals surface area contributed by atoms with Crippen molar-refractivity contribution < 1.29 is 14.4 Å². The molecule has 4 nitrogen and oxygen atoms in total. The van der Waals surface area contributed by atoms with Crippen molar-refractivity contribution in [2.75, 3.05) is 4.90 Å². The van der Waals surface area contributed by atoms with Gasteiger partial charge in [-0.2, -0.15) is 0 Å². The quantitative estimate of drug-likeness (QED) is 0.216. The molecule has 0 saturated carbocycles. The second-order valence-electron chi connectivity index (χ2n) is 8.50. The maximum Gasteiger partial charge on any atom is 0.329 e. The maximum atomic E-state index is 11.2. The van der Waals surface area contributed by atoms with Crippen LogP contribution < -0.4 is 4.90 Å². The lowest BCUT2D eigenvalue weighted by molar-refractivity contribution is 0.371. The van der Waals surface area contributed by atoms with Crippen LogP contribution in [0, 0.1) is 13.8 Å². The van der Waals surface area contributed by atoms with Crippen molar-refractivity contribution in [2.45, 2.75) is 20.0 Å². The van der Waals surface area contributed by atoms with E-state index in [1.54, 1.807) is 12.1 Å². The van der Waals surface area contributed by atoms with E-state index < -0.39 is 7.60 Å². The van der Waals surface area contributed by atoms with Crippen LogP contribution in [0.3, 0.4) is 0 Å². The second-order valence-corrected chi connectivity index (χ2v) is 10.1. The van der Waals surface area contributed by atoms with Gasteiger partial charge in [0.05, 0.1) is 6.16 Å². The number of nitrogens with zero attached hydrogens (tertiary/aromatic N) is 1. The number of hydrogen-bond donors (Lipinski definition) is 2. The molecule has 0 bridgehead atoms. The zero-order valence-corrected chi connectivity index (χ0v) is 20.2. The minimum atomic E-state index is -4.05. The van der Waals surface area contributed by atoms with Crippen molar-refractivity contribution in [2.24, 2.45) is 0 Å². The Bertz CT molecular complexity index is 1260. The van der Waals surface area contributed by atoms with Crippen molar-refractivity contribution in [3.8, 4) is 0 Å². The lowest BCUT2D eigenvalue weighted by Gasteiger charge is -2.25. The van der Waals surface area contributed by atoms with Crippen LogP contribution in [0.1, 0.15) is 27.8 Å². The number of aryl methyl sites for hydroxylation is 2. The Morgan fingerprint density at radius 3 is 1.35 bits per heavy atom. The van der Waals surface area contributed by atoms with Gasteiger partial charge in [-0.25, -0.2) is 0 Å². The summed E-state index contributed by atoms with van der Waals surface area (Å²) in [6, 6.07) is 32.7. The molecular formula is C29H28NO3P. The van der Waals surface area contributed by atoms with Gasteiger partial charge < -0.3 is 14.7 Å². The fraction of sp³-hybridized carbons (Fsp3) is 0.103. The Morgan fingerprint density at radius 1 is 0.618 bits per heavy atom. The van der Waals surface area contributed by atoms with E-state index in [4.69, 9.17) is 9.79 Å².